The van der Waals surface area contributed by atoms with Crippen molar-refractivity contribution in [2.45, 2.75) is 58.7 Å². The van der Waals surface area contributed by atoms with Gasteiger partial charge in [0.05, 0.1) is 11.9 Å². The molecule has 0 heterocycles. The summed E-state index contributed by atoms with van der Waals surface area (Å²) in [5.41, 5.74) is 1.40. The van der Waals surface area contributed by atoms with Crippen molar-refractivity contribution in [3.8, 4) is 0 Å². The number of rotatable bonds is 12. The topological polar surface area (TPSA) is 86.8 Å². The van der Waals surface area contributed by atoms with Crippen molar-refractivity contribution in [3.63, 3.8) is 0 Å². The molecule has 2 amide bonds. The van der Waals surface area contributed by atoms with E-state index >= 15 is 0 Å². The second-order valence-electron chi connectivity index (χ2n) is 8.42. The van der Waals surface area contributed by atoms with Gasteiger partial charge in [0.2, 0.25) is 21.8 Å². The normalized spacial score (nSPS) is 13.1. The number of halogens is 1. The molecule has 0 radical (unpaired) electrons. The molecule has 2 rings (SSSR count). The lowest BCUT2D eigenvalue weighted by Crippen LogP contribution is -2.49. The van der Waals surface area contributed by atoms with Gasteiger partial charge in [0, 0.05) is 30.6 Å². The third-order valence-electron chi connectivity index (χ3n) is 5.63. The zero-order chi connectivity index (χ0) is 25.3. The van der Waals surface area contributed by atoms with Crippen LogP contribution in [-0.4, -0.2) is 50.0 Å². The first-order valence-corrected chi connectivity index (χ1v) is 13.6. The van der Waals surface area contributed by atoms with Gasteiger partial charge in [-0.25, -0.2) is 8.42 Å². The van der Waals surface area contributed by atoms with Crippen LogP contribution in [0, 0.1) is 0 Å². The molecule has 7 nitrogen and oxygen atoms in total. The van der Waals surface area contributed by atoms with Gasteiger partial charge in [-0.3, -0.25) is 13.9 Å². The van der Waals surface area contributed by atoms with E-state index in [4.69, 9.17) is 11.6 Å². The second-order valence-corrected chi connectivity index (χ2v) is 10.8. The number of sulfonamides is 1. The number of nitrogens with zero attached hydrogens (tertiary/aromatic N) is 2. The molecule has 0 saturated heterocycles. The van der Waals surface area contributed by atoms with E-state index in [9.17, 15) is 18.0 Å². The van der Waals surface area contributed by atoms with E-state index in [1.807, 2.05) is 44.2 Å². The van der Waals surface area contributed by atoms with Crippen molar-refractivity contribution in [2.24, 2.45) is 0 Å². The molecule has 186 valence electrons. The quantitative estimate of drug-likeness (QED) is 0.466. The maximum absolute atomic E-state index is 13.2. The minimum atomic E-state index is -3.54. The fourth-order valence-electron chi connectivity index (χ4n) is 3.44. The first-order valence-electron chi connectivity index (χ1n) is 11.4. The first-order chi connectivity index (χ1) is 16.0. The Hall–Kier alpha value is -2.58. The standard InChI is InChI=1S/C25H34ClN3O4S/c1-5-19(2)27-25(31)20(3)28(18-21-10-7-6-8-11-21)24(30)12-9-17-29(34(4,32)33)23-15-13-22(26)14-16-23/h6-8,10-11,13-16,19-20H,5,9,12,17-18H2,1-4H3,(H,27,31)/t19-,20-/m1/s1. The van der Waals surface area contributed by atoms with Crippen LogP contribution in [-0.2, 0) is 26.2 Å². The molecule has 0 aromatic heterocycles. The van der Waals surface area contributed by atoms with E-state index in [1.54, 1.807) is 36.1 Å². The van der Waals surface area contributed by atoms with E-state index in [0.717, 1.165) is 18.2 Å². The van der Waals surface area contributed by atoms with Crippen LogP contribution in [0.3, 0.4) is 0 Å². The van der Waals surface area contributed by atoms with Crippen molar-refractivity contribution in [2.75, 3.05) is 17.1 Å². The third kappa shape index (κ3) is 8.33. The molecule has 0 fully saturated rings. The highest BCUT2D eigenvalue weighted by atomic mass is 35.5. The summed E-state index contributed by atoms with van der Waals surface area (Å²) in [6.07, 6.45) is 2.33. The Kier molecular flexibility index (Phi) is 10.4. The molecule has 0 aliphatic rings. The fourth-order valence-corrected chi connectivity index (χ4v) is 4.53. The van der Waals surface area contributed by atoms with Gasteiger partial charge in [0.1, 0.15) is 6.04 Å². The molecule has 0 unspecified atom stereocenters. The molecule has 2 aromatic carbocycles. The molecular formula is C25H34ClN3O4S. The molecule has 0 aliphatic carbocycles. The van der Waals surface area contributed by atoms with E-state index < -0.39 is 16.1 Å². The SMILES string of the molecule is CC[C@@H](C)NC(=O)[C@@H](C)N(Cc1ccccc1)C(=O)CCCN(c1ccc(Cl)cc1)S(C)(=O)=O. The second kappa shape index (κ2) is 12.8. The van der Waals surface area contributed by atoms with Crippen LogP contribution in [0.4, 0.5) is 5.69 Å². The van der Waals surface area contributed by atoms with Gasteiger partial charge >= 0.3 is 0 Å². The van der Waals surface area contributed by atoms with Gasteiger partial charge in [-0.2, -0.15) is 0 Å². The minimum Gasteiger partial charge on any atom is -0.352 e. The van der Waals surface area contributed by atoms with Crippen LogP contribution in [0.1, 0.15) is 45.6 Å². The molecule has 0 aliphatic heterocycles. The number of carbonyl (C=O) groups is 2. The van der Waals surface area contributed by atoms with Gasteiger partial charge in [-0.1, -0.05) is 48.9 Å². The highest BCUT2D eigenvalue weighted by molar-refractivity contribution is 7.92. The van der Waals surface area contributed by atoms with Crippen molar-refractivity contribution in [3.05, 3.63) is 65.2 Å². The van der Waals surface area contributed by atoms with E-state index in [2.05, 4.69) is 5.32 Å². The Labute approximate surface area is 208 Å². The maximum atomic E-state index is 13.2. The average molecular weight is 508 g/mol. The van der Waals surface area contributed by atoms with Crippen LogP contribution >= 0.6 is 11.6 Å². The predicted octanol–water partition coefficient (Wildman–Crippen LogP) is 4.22. The number of hydrogen-bond acceptors (Lipinski definition) is 4. The van der Waals surface area contributed by atoms with Crippen molar-refractivity contribution in [1.82, 2.24) is 10.2 Å². The molecule has 34 heavy (non-hydrogen) atoms. The Morgan fingerprint density at radius 1 is 1.03 bits per heavy atom. The number of benzene rings is 2. The first kappa shape index (κ1) is 27.7. The van der Waals surface area contributed by atoms with Crippen LogP contribution in [0.5, 0.6) is 0 Å². The number of anilines is 1. The van der Waals surface area contributed by atoms with Crippen LogP contribution < -0.4 is 9.62 Å². The van der Waals surface area contributed by atoms with Gasteiger partial charge < -0.3 is 10.2 Å². The monoisotopic (exact) mass is 507 g/mol. The van der Waals surface area contributed by atoms with Gasteiger partial charge in [0.15, 0.2) is 0 Å². The number of hydrogen-bond donors (Lipinski definition) is 1. The van der Waals surface area contributed by atoms with Crippen LogP contribution in [0.15, 0.2) is 54.6 Å². The Morgan fingerprint density at radius 2 is 1.65 bits per heavy atom. The predicted molar refractivity (Wildman–Crippen MR) is 137 cm³/mol. The van der Waals surface area contributed by atoms with Crippen molar-refractivity contribution >= 4 is 39.1 Å². The van der Waals surface area contributed by atoms with E-state index in [0.29, 0.717) is 23.7 Å². The molecule has 0 spiro atoms. The Bertz CT molecular complexity index is 1050. The van der Waals surface area contributed by atoms with Crippen LogP contribution in [0.2, 0.25) is 5.02 Å². The number of amides is 2. The molecule has 1 N–H and O–H groups in total. The molecule has 2 aromatic rings. The zero-order valence-electron chi connectivity index (χ0n) is 20.2. The summed E-state index contributed by atoms with van der Waals surface area (Å²) in [4.78, 5) is 27.5. The fraction of sp³-hybridized carbons (Fsp3) is 0.440. The van der Waals surface area contributed by atoms with E-state index in [1.165, 1.54) is 4.31 Å². The van der Waals surface area contributed by atoms with Gasteiger partial charge in [-0.05, 0) is 56.5 Å². The van der Waals surface area contributed by atoms with Crippen molar-refractivity contribution < 1.29 is 18.0 Å². The van der Waals surface area contributed by atoms with Crippen molar-refractivity contribution in [1.29, 1.82) is 0 Å². The minimum absolute atomic E-state index is 0.00585. The smallest absolute Gasteiger partial charge is 0.242 e. The number of nitrogens with one attached hydrogen (secondary N) is 1. The summed E-state index contributed by atoms with van der Waals surface area (Å²) in [5.74, 6) is -0.419. The third-order valence-corrected chi connectivity index (χ3v) is 7.08. The highest BCUT2D eigenvalue weighted by Crippen LogP contribution is 2.21. The Morgan fingerprint density at radius 3 is 2.21 bits per heavy atom. The summed E-state index contributed by atoms with van der Waals surface area (Å²) < 4.78 is 25.9. The van der Waals surface area contributed by atoms with Gasteiger partial charge in [0.25, 0.3) is 0 Å². The number of carbonyl (C=O) groups excluding carboxylic acids is 2. The largest absolute Gasteiger partial charge is 0.352 e. The Balaban J connectivity index is 2.13. The van der Waals surface area contributed by atoms with E-state index in [-0.39, 0.29) is 30.8 Å². The zero-order valence-corrected chi connectivity index (χ0v) is 21.8. The van der Waals surface area contributed by atoms with Gasteiger partial charge in [-0.15, -0.1) is 0 Å². The molecule has 2 atom stereocenters. The summed E-state index contributed by atoms with van der Waals surface area (Å²) in [5, 5.41) is 3.45. The molecule has 0 bridgehead atoms. The lowest BCUT2D eigenvalue weighted by molar-refractivity contribution is -0.140. The highest BCUT2D eigenvalue weighted by Gasteiger charge is 2.27. The summed E-state index contributed by atoms with van der Waals surface area (Å²) in [7, 11) is -3.54. The van der Waals surface area contributed by atoms with Crippen LogP contribution in [0.25, 0.3) is 0 Å². The molecule has 9 heteroatoms. The molecular weight excluding hydrogens is 474 g/mol. The maximum Gasteiger partial charge on any atom is 0.242 e. The summed E-state index contributed by atoms with van der Waals surface area (Å²) in [6.45, 7) is 6.05. The lowest BCUT2D eigenvalue weighted by Gasteiger charge is -2.30. The summed E-state index contributed by atoms with van der Waals surface area (Å²) in [6, 6.07) is 15.3. The lowest BCUT2D eigenvalue weighted by atomic mass is 10.1. The average Bonchev–Trinajstić information content (AvgIpc) is 2.80. The molecule has 0 saturated carbocycles. The summed E-state index contributed by atoms with van der Waals surface area (Å²) >= 11 is 5.92.